The highest BCUT2D eigenvalue weighted by atomic mass is 16.5. The Kier molecular flexibility index (Phi) is 6.38. The van der Waals surface area contributed by atoms with E-state index < -0.39 is 0 Å². The number of ether oxygens (including phenoxy) is 1. The number of nitrogens with one attached hydrogen (secondary N) is 1. The second-order valence-electron chi connectivity index (χ2n) is 6.56. The van der Waals surface area contributed by atoms with Crippen LogP contribution in [0.1, 0.15) is 65.9 Å². The van der Waals surface area contributed by atoms with Crippen LogP contribution in [0, 0.1) is 0 Å². The highest BCUT2D eigenvalue weighted by Crippen LogP contribution is 2.32. The lowest BCUT2D eigenvalue weighted by Crippen LogP contribution is -2.19. The van der Waals surface area contributed by atoms with Crippen molar-refractivity contribution in [2.75, 3.05) is 12.4 Å². The molecule has 0 amide bonds. The first-order chi connectivity index (χ1) is 9.42. The summed E-state index contributed by atoms with van der Waals surface area (Å²) in [7, 11) is 1.74. The molecule has 20 heavy (non-hydrogen) atoms. The van der Waals surface area contributed by atoms with Crippen LogP contribution in [0.2, 0.25) is 0 Å². The third-order valence-corrected chi connectivity index (χ3v) is 3.82. The van der Waals surface area contributed by atoms with Crippen LogP contribution in [0.3, 0.4) is 0 Å². The average molecular weight is 277 g/mol. The number of hydrogen-bond donors (Lipinski definition) is 1. The number of methoxy groups -OCH3 is 1. The van der Waals surface area contributed by atoms with Gasteiger partial charge in [-0.3, -0.25) is 0 Å². The molecule has 2 nitrogen and oxygen atoms in total. The molecule has 0 saturated carbocycles. The molecular weight excluding hydrogens is 246 g/mol. The molecule has 0 aromatic heterocycles. The highest BCUT2D eigenvalue weighted by molar-refractivity contribution is 5.59. The van der Waals surface area contributed by atoms with Crippen molar-refractivity contribution >= 4 is 5.69 Å². The summed E-state index contributed by atoms with van der Waals surface area (Å²) in [6.45, 7) is 11.2. The Bertz CT molecular complexity index is 406. The molecule has 0 aliphatic rings. The Morgan fingerprint density at radius 3 is 2.40 bits per heavy atom. The molecule has 114 valence electrons. The first kappa shape index (κ1) is 16.9. The fourth-order valence-electron chi connectivity index (χ4n) is 2.34. The van der Waals surface area contributed by atoms with Crippen LogP contribution in [0.4, 0.5) is 5.69 Å². The van der Waals surface area contributed by atoms with E-state index in [9.17, 15) is 0 Å². The number of benzene rings is 1. The SMILES string of the molecule is CCCCC(CC)Nc1cc(C(C)(C)C)ccc1OC. The van der Waals surface area contributed by atoms with Crippen LogP contribution in [0.15, 0.2) is 18.2 Å². The molecular formula is C18H31NO. The minimum atomic E-state index is 0.161. The van der Waals surface area contributed by atoms with E-state index in [1.54, 1.807) is 7.11 Å². The number of anilines is 1. The van der Waals surface area contributed by atoms with Crippen LogP contribution in [-0.2, 0) is 5.41 Å². The Hall–Kier alpha value is -1.18. The van der Waals surface area contributed by atoms with Crippen molar-refractivity contribution in [2.24, 2.45) is 0 Å². The van der Waals surface area contributed by atoms with Gasteiger partial charge in [-0.1, -0.05) is 53.5 Å². The van der Waals surface area contributed by atoms with E-state index in [1.165, 1.54) is 24.8 Å². The Morgan fingerprint density at radius 2 is 1.90 bits per heavy atom. The van der Waals surface area contributed by atoms with Crippen LogP contribution < -0.4 is 10.1 Å². The molecule has 1 aromatic rings. The Labute approximate surface area is 124 Å². The molecule has 1 atom stereocenters. The molecule has 0 radical (unpaired) electrons. The molecule has 2 heteroatoms. The number of rotatable bonds is 7. The van der Waals surface area contributed by atoms with Crippen molar-refractivity contribution in [3.05, 3.63) is 23.8 Å². The first-order valence-corrected chi connectivity index (χ1v) is 7.87. The van der Waals surface area contributed by atoms with E-state index in [0.717, 1.165) is 17.9 Å². The summed E-state index contributed by atoms with van der Waals surface area (Å²) in [5.41, 5.74) is 2.63. The van der Waals surface area contributed by atoms with Gasteiger partial charge in [0, 0.05) is 6.04 Å². The van der Waals surface area contributed by atoms with Crippen molar-refractivity contribution in [3.63, 3.8) is 0 Å². The summed E-state index contributed by atoms with van der Waals surface area (Å²) in [5, 5.41) is 3.67. The monoisotopic (exact) mass is 277 g/mol. The summed E-state index contributed by atoms with van der Waals surface area (Å²) in [6, 6.07) is 7.01. The molecule has 0 aliphatic carbocycles. The van der Waals surface area contributed by atoms with Gasteiger partial charge in [-0.05, 0) is 36.0 Å². The third kappa shape index (κ3) is 4.73. The summed E-state index contributed by atoms with van der Waals surface area (Å²) in [4.78, 5) is 0. The largest absolute Gasteiger partial charge is 0.495 e. The fourth-order valence-corrected chi connectivity index (χ4v) is 2.34. The van der Waals surface area contributed by atoms with Gasteiger partial charge < -0.3 is 10.1 Å². The molecule has 1 rings (SSSR count). The highest BCUT2D eigenvalue weighted by Gasteiger charge is 2.17. The summed E-state index contributed by atoms with van der Waals surface area (Å²) in [5.74, 6) is 0.938. The minimum Gasteiger partial charge on any atom is -0.495 e. The number of hydrogen-bond acceptors (Lipinski definition) is 2. The topological polar surface area (TPSA) is 21.3 Å². The molecule has 0 bridgehead atoms. The van der Waals surface area contributed by atoms with Crippen molar-refractivity contribution < 1.29 is 4.74 Å². The molecule has 0 heterocycles. The molecule has 1 unspecified atom stereocenters. The van der Waals surface area contributed by atoms with Gasteiger partial charge in [0.1, 0.15) is 5.75 Å². The zero-order chi connectivity index (χ0) is 15.2. The molecule has 0 saturated heterocycles. The quantitative estimate of drug-likeness (QED) is 0.723. The standard InChI is InChI=1S/C18H31NO/c1-7-9-10-15(8-2)19-16-13-14(18(3,4)5)11-12-17(16)20-6/h11-13,15,19H,7-10H2,1-6H3. The maximum absolute atomic E-state index is 5.50. The van der Waals surface area contributed by atoms with Gasteiger partial charge in [0.25, 0.3) is 0 Å². The van der Waals surface area contributed by atoms with Gasteiger partial charge in [-0.2, -0.15) is 0 Å². The Balaban J connectivity index is 2.95. The van der Waals surface area contributed by atoms with Crippen molar-refractivity contribution in [2.45, 2.75) is 71.8 Å². The lowest BCUT2D eigenvalue weighted by molar-refractivity contribution is 0.415. The van der Waals surface area contributed by atoms with E-state index >= 15 is 0 Å². The lowest BCUT2D eigenvalue weighted by Gasteiger charge is -2.24. The van der Waals surface area contributed by atoms with Gasteiger partial charge in [-0.25, -0.2) is 0 Å². The molecule has 1 N–H and O–H groups in total. The second-order valence-corrected chi connectivity index (χ2v) is 6.56. The van der Waals surface area contributed by atoms with Crippen LogP contribution in [0.5, 0.6) is 5.75 Å². The van der Waals surface area contributed by atoms with Crippen molar-refractivity contribution in [1.82, 2.24) is 0 Å². The van der Waals surface area contributed by atoms with Gasteiger partial charge in [0.15, 0.2) is 0 Å². The van der Waals surface area contributed by atoms with Gasteiger partial charge in [-0.15, -0.1) is 0 Å². The number of unbranched alkanes of at least 4 members (excludes halogenated alkanes) is 1. The predicted molar refractivity (Wildman–Crippen MR) is 88.9 cm³/mol. The summed E-state index contributed by atoms with van der Waals surface area (Å²) < 4.78 is 5.50. The minimum absolute atomic E-state index is 0.161. The van der Waals surface area contributed by atoms with Crippen LogP contribution in [0.25, 0.3) is 0 Å². The van der Waals surface area contributed by atoms with E-state index in [0.29, 0.717) is 6.04 Å². The Morgan fingerprint density at radius 1 is 1.20 bits per heavy atom. The second kappa shape index (κ2) is 7.56. The first-order valence-electron chi connectivity index (χ1n) is 7.87. The zero-order valence-corrected chi connectivity index (χ0v) is 14.0. The van der Waals surface area contributed by atoms with Crippen LogP contribution >= 0.6 is 0 Å². The van der Waals surface area contributed by atoms with Gasteiger partial charge in [0.05, 0.1) is 12.8 Å². The van der Waals surface area contributed by atoms with E-state index in [2.05, 4.69) is 58.1 Å². The maximum atomic E-state index is 5.50. The average Bonchev–Trinajstić information content (AvgIpc) is 2.42. The normalized spacial score (nSPS) is 13.1. The maximum Gasteiger partial charge on any atom is 0.141 e. The lowest BCUT2D eigenvalue weighted by atomic mass is 9.86. The predicted octanol–water partition coefficient (Wildman–Crippen LogP) is 5.37. The van der Waals surface area contributed by atoms with Gasteiger partial charge in [0.2, 0.25) is 0 Å². The molecule has 0 aliphatic heterocycles. The van der Waals surface area contributed by atoms with Crippen molar-refractivity contribution in [3.8, 4) is 5.75 Å². The zero-order valence-electron chi connectivity index (χ0n) is 14.0. The van der Waals surface area contributed by atoms with E-state index in [-0.39, 0.29) is 5.41 Å². The fraction of sp³-hybridized carbons (Fsp3) is 0.667. The van der Waals surface area contributed by atoms with E-state index in [4.69, 9.17) is 4.74 Å². The summed E-state index contributed by atoms with van der Waals surface area (Å²) >= 11 is 0. The smallest absolute Gasteiger partial charge is 0.141 e. The third-order valence-electron chi connectivity index (χ3n) is 3.82. The molecule has 0 fully saturated rings. The van der Waals surface area contributed by atoms with Crippen molar-refractivity contribution in [1.29, 1.82) is 0 Å². The van der Waals surface area contributed by atoms with E-state index in [1.807, 2.05) is 0 Å². The molecule has 0 spiro atoms. The molecule has 1 aromatic carbocycles. The van der Waals surface area contributed by atoms with Crippen LogP contribution in [-0.4, -0.2) is 13.2 Å². The summed E-state index contributed by atoms with van der Waals surface area (Å²) in [6.07, 6.45) is 4.88. The van der Waals surface area contributed by atoms with Gasteiger partial charge >= 0.3 is 0 Å².